The molecule has 0 unspecified atom stereocenters. The summed E-state index contributed by atoms with van der Waals surface area (Å²) in [6, 6.07) is 16.9. The number of benzene rings is 2. The zero-order valence-electron chi connectivity index (χ0n) is 24.0. The Kier molecular flexibility index (Phi) is 10.3. The Hall–Kier alpha value is -3.04. The Labute approximate surface area is 252 Å². The van der Waals surface area contributed by atoms with E-state index in [1.165, 1.54) is 4.90 Å². The SMILES string of the molecule is COc1ccc(CN2C(=O)CC3(CCN(CC[C@H](NC(=O)C4CCC(F)(F)CC4)c4ccccc4)CC3)C2=O)cc1.Cl. The number of methoxy groups -OCH3 is 1. The Morgan fingerprint density at radius 3 is 2.26 bits per heavy atom. The minimum Gasteiger partial charge on any atom is -0.497 e. The highest BCUT2D eigenvalue weighted by Crippen LogP contribution is 2.43. The topological polar surface area (TPSA) is 79.0 Å². The number of hydrogen-bond acceptors (Lipinski definition) is 5. The molecule has 1 spiro atoms. The number of piperidine rings is 1. The average Bonchev–Trinajstić information content (AvgIpc) is 3.20. The fourth-order valence-electron chi connectivity index (χ4n) is 6.44. The number of likely N-dealkylation sites (tertiary alicyclic amines) is 2. The lowest BCUT2D eigenvalue weighted by molar-refractivity contribution is -0.143. The van der Waals surface area contributed by atoms with E-state index in [2.05, 4.69) is 10.2 Å². The number of nitrogens with one attached hydrogen (secondary N) is 1. The average molecular weight is 604 g/mol. The Bertz CT molecular complexity index is 1230. The maximum Gasteiger partial charge on any atom is 0.248 e. The van der Waals surface area contributed by atoms with Crippen molar-refractivity contribution >= 4 is 30.1 Å². The summed E-state index contributed by atoms with van der Waals surface area (Å²) in [6.07, 6.45) is 2.09. The first-order valence-electron chi connectivity index (χ1n) is 14.6. The van der Waals surface area contributed by atoms with Gasteiger partial charge in [-0.05, 0) is 68.5 Å². The third-order valence-corrected chi connectivity index (χ3v) is 9.14. The van der Waals surface area contributed by atoms with Gasteiger partial charge >= 0.3 is 0 Å². The van der Waals surface area contributed by atoms with Gasteiger partial charge in [0.15, 0.2) is 0 Å². The summed E-state index contributed by atoms with van der Waals surface area (Å²) in [5.41, 5.74) is 1.23. The van der Waals surface area contributed by atoms with Crippen LogP contribution >= 0.6 is 12.4 Å². The maximum absolute atomic E-state index is 13.6. The van der Waals surface area contributed by atoms with Crippen molar-refractivity contribution in [3.8, 4) is 5.75 Å². The lowest BCUT2D eigenvalue weighted by atomic mass is 9.77. The molecule has 2 aromatic rings. The van der Waals surface area contributed by atoms with E-state index in [0.29, 0.717) is 32.4 Å². The maximum atomic E-state index is 13.6. The molecule has 42 heavy (non-hydrogen) atoms. The van der Waals surface area contributed by atoms with Gasteiger partial charge in [-0.15, -0.1) is 12.4 Å². The van der Waals surface area contributed by atoms with Gasteiger partial charge in [0.05, 0.1) is 25.1 Å². The van der Waals surface area contributed by atoms with Crippen LogP contribution in [0, 0.1) is 11.3 Å². The zero-order valence-corrected chi connectivity index (χ0v) is 24.8. The van der Waals surface area contributed by atoms with Gasteiger partial charge in [-0.2, -0.15) is 0 Å². The smallest absolute Gasteiger partial charge is 0.248 e. The Morgan fingerprint density at radius 2 is 1.64 bits per heavy atom. The summed E-state index contributed by atoms with van der Waals surface area (Å²) in [7, 11) is 1.60. The zero-order chi connectivity index (χ0) is 29.0. The largest absolute Gasteiger partial charge is 0.497 e. The number of halogens is 3. The number of rotatable bonds is 9. The first-order chi connectivity index (χ1) is 19.7. The fraction of sp³-hybridized carbons (Fsp3) is 0.531. The molecular weight excluding hydrogens is 564 g/mol. The van der Waals surface area contributed by atoms with Gasteiger partial charge < -0.3 is 15.0 Å². The lowest BCUT2D eigenvalue weighted by Gasteiger charge is -2.38. The van der Waals surface area contributed by atoms with Crippen molar-refractivity contribution in [1.82, 2.24) is 15.1 Å². The van der Waals surface area contributed by atoms with Crippen LogP contribution in [0.5, 0.6) is 5.75 Å². The molecule has 1 saturated carbocycles. The van der Waals surface area contributed by atoms with Gasteiger partial charge in [0.1, 0.15) is 5.75 Å². The van der Waals surface area contributed by atoms with Crippen LogP contribution in [-0.2, 0) is 20.9 Å². The van der Waals surface area contributed by atoms with Crippen molar-refractivity contribution < 1.29 is 27.9 Å². The number of amides is 3. The minimum atomic E-state index is -2.67. The second-order valence-corrected chi connectivity index (χ2v) is 11.8. The summed E-state index contributed by atoms with van der Waals surface area (Å²) < 4.78 is 32.4. The van der Waals surface area contributed by atoms with Crippen molar-refractivity contribution in [2.24, 2.45) is 11.3 Å². The monoisotopic (exact) mass is 603 g/mol. The van der Waals surface area contributed by atoms with Gasteiger partial charge in [-0.25, -0.2) is 8.78 Å². The molecule has 0 radical (unpaired) electrons. The van der Waals surface area contributed by atoms with E-state index >= 15 is 0 Å². The van der Waals surface area contributed by atoms with Gasteiger partial charge in [0, 0.05) is 31.7 Å². The third-order valence-electron chi connectivity index (χ3n) is 9.14. The number of carbonyl (C=O) groups is 3. The molecule has 3 fully saturated rings. The Morgan fingerprint density at radius 1 is 1.00 bits per heavy atom. The molecular formula is C32H40ClF2N3O4. The molecule has 3 aliphatic rings. The number of nitrogens with zero attached hydrogens (tertiary/aromatic N) is 2. The van der Waals surface area contributed by atoms with Gasteiger partial charge in [-0.1, -0.05) is 42.5 Å². The van der Waals surface area contributed by atoms with Crippen LogP contribution in [0.4, 0.5) is 8.78 Å². The van der Waals surface area contributed by atoms with Crippen LogP contribution in [0.25, 0.3) is 0 Å². The van der Waals surface area contributed by atoms with Crippen molar-refractivity contribution in [2.75, 3.05) is 26.7 Å². The number of hydrogen-bond donors (Lipinski definition) is 1. The van der Waals surface area contributed by atoms with Crippen molar-refractivity contribution in [2.45, 2.75) is 69.9 Å². The molecule has 1 aliphatic carbocycles. The molecule has 7 nitrogen and oxygen atoms in total. The molecule has 228 valence electrons. The van der Waals surface area contributed by atoms with E-state index < -0.39 is 11.3 Å². The second-order valence-electron chi connectivity index (χ2n) is 11.8. The van der Waals surface area contributed by atoms with Gasteiger partial charge in [-0.3, -0.25) is 19.3 Å². The number of alkyl halides is 2. The summed E-state index contributed by atoms with van der Waals surface area (Å²) in [4.78, 5) is 43.1. The second kappa shape index (κ2) is 13.5. The summed E-state index contributed by atoms with van der Waals surface area (Å²) in [6.45, 7) is 2.38. The predicted octanol–water partition coefficient (Wildman–Crippen LogP) is 5.53. The molecule has 2 aromatic carbocycles. The molecule has 1 N–H and O–H groups in total. The highest BCUT2D eigenvalue weighted by Gasteiger charge is 2.52. The molecule has 2 saturated heterocycles. The van der Waals surface area contributed by atoms with Crippen molar-refractivity contribution in [3.63, 3.8) is 0 Å². The highest BCUT2D eigenvalue weighted by atomic mass is 35.5. The number of carbonyl (C=O) groups excluding carboxylic acids is 3. The molecule has 5 rings (SSSR count). The first kappa shape index (κ1) is 31.9. The Balaban J connectivity index is 0.00000405. The number of ether oxygens (including phenoxy) is 1. The van der Waals surface area contributed by atoms with Gasteiger partial charge in [0.25, 0.3) is 0 Å². The highest BCUT2D eigenvalue weighted by molar-refractivity contribution is 6.05. The van der Waals surface area contributed by atoms with E-state index in [1.54, 1.807) is 7.11 Å². The van der Waals surface area contributed by atoms with E-state index in [0.717, 1.165) is 23.4 Å². The van der Waals surface area contributed by atoms with E-state index in [1.807, 2.05) is 54.6 Å². The van der Waals surface area contributed by atoms with Gasteiger partial charge in [0.2, 0.25) is 23.6 Å². The van der Waals surface area contributed by atoms with E-state index in [4.69, 9.17) is 4.74 Å². The standard InChI is InChI=1S/C32H39F2N3O4.ClH/c1-41-26-9-7-23(8-10-26)22-37-28(38)21-31(30(37)40)16-19-36(20-17-31)18-13-27(24-5-3-2-4-6-24)35-29(39)25-11-14-32(33,34)15-12-25;/h2-10,25,27H,11-22H2,1H3,(H,35,39);1H/t27-;/m0./s1. The number of imide groups is 1. The fourth-order valence-corrected chi connectivity index (χ4v) is 6.44. The molecule has 1 atom stereocenters. The normalized spacial score (nSPS) is 21.2. The van der Waals surface area contributed by atoms with Crippen LogP contribution in [0.15, 0.2) is 54.6 Å². The molecule has 2 heterocycles. The lowest BCUT2D eigenvalue weighted by Crippen LogP contribution is -2.45. The van der Waals surface area contributed by atoms with Crippen LogP contribution in [-0.4, -0.2) is 60.2 Å². The van der Waals surface area contributed by atoms with Crippen LogP contribution in [0.2, 0.25) is 0 Å². The minimum absolute atomic E-state index is 0. The van der Waals surface area contributed by atoms with Crippen LogP contribution < -0.4 is 10.1 Å². The summed E-state index contributed by atoms with van der Waals surface area (Å²) >= 11 is 0. The van der Waals surface area contributed by atoms with Crippen molar-refractivity contribution in [1.29, 1.82) is 0 Å². The summed E-state index contributed by atoms with van der Waals surface area (Å²) in [5, 5.41) is 3.14. The third kappa shape index (κ3) is 7.29. The predicted molar refractivity (Wildman–Crippen MR) is 157 cm³/mol. The first-order valence-corrected chi connectivity index (χ1v) is 14.6. The molecule has 0 bridgehead atoms. The van der Waals surface area contributed by atoms with Crippen molar-refractivity contribution in [3.05, 3.63) is 65.7 Å². The molecule has 2 aliphatic heterocycles. The van der Waals surface area contributed by atoms with Crippen LogP contribution in [0.3, 0.4) is 0 Å². The quantitative estimate of drug-likeness (QED) is 0.381. The molecule has 10 heteroatoms. The van der Waals surface area contributed by atoms with E-state index in [9.17, 15) is 23.2 Å². The van der Waals surface area contributed by atoms with Crippen LogP contribution in [0.1, 0.15) is 68.5 Å². The summed E-state index contributed by atoms with van der Waals surface area (Å²) in [5.74, 6) is -2.68. The van der Waals surface area contributed by atoms with E-state index in [-0.39, 0.29) is 80.7 Å². The molecule has 3 amide bonds. The molecule has 0 aromatic heterocycles.